The van der Waals surface area contributed by atoms with Crippen molar-refractivity contribution >= 4 is 17.4 Å². The first-order valence-corrected chi connectivity index (χ1v) is 6.06. The average Bonchev–Trinajstić information content (AvgIpc) is 2.44. The van der Waals surface area contributed by atoms with Crippen LogP contribution in [0.5, 0.6) is 11.5 Å². The lowest BCUT2D eigenvalue weighted by atomic mass is 10.0. The lowest BCUT2D eigenvalue weighted by Crippen LogP contribution is -2.06. The number of ether oxygens (including phenoxy) is 2. The summed E-state index contributed by atoms with van der Waals surface area (Å²) >= 11 is 0. The highest BCUT2D eigenvalue weighted by Gasteiger charge is 2.23. The monoisotopic (exact) mass is 297 g/mol. The lowest BCUT2D eigenvalue weighted by molar-refractivity contribution is -0.385. The lowest BCUT2D eigenvalue weighted by Gasteiger charge is -2.10. The van der Waals surface area contributed by atoms with Gasteiger partial charge in [-0.2, -0.15) is 0 Å². The molecule has 0 aliphatic carbocycles. The summed E-state index contributed by atoms with van der Waals surface area (Å²) in [7, 11) is 2.60. The Balaban J connectivity index is 3.09. The van der Waals surface area contributed by atoms with E-state index in [9.17, 15) is 19.7 Å². The molecule has 0 aromatic heterocycles. The summed E-state index contributed by atoms with van der Waals surface area (Å²) in [4.78, 5) is 32.8. The zero-order valence-corrected chi connectivity index (χ0v) is 11.6. The number of methoxy groups -OCH3 is 2. The van der Waals surface area contributed by atoms with Crippen LogP contribution in [-0.2, 0) is 4.79 Å². The third-order valence-electron chi connectivity index (χ3n) is 2.79. The van der Waals surface area contributed by atoms with Crippen molar-refractivity contribution in [3.8, 4) is 11.5 Å². The van der Waals surface area contributed by atoms with Crippen molar-refractivity contribution in [2.75, 3.05) is 14.2 Å². The number of carboxylic acid groups (broad SMARTS) is 1. The molecule has 8 nitrogen and oxygen atoms in total. The predicted molar refractivity (Wildman–Crippen MR) is 72.0 cm³/mol. The number of hydrogen-bond acceptors (Lipinski definition) is 6. The minimum Gasteiger partial charge on any atom is -0.496 e. The molecular formula is C13H15NO7. The van der Waals surface area contributed by atoms with Crippen molar-refractivity contribution in [1.29, 1.82) is 0 Å². The van der Waals surface area contributed by atoms with Crippen LogP contribution < -0.4 is 9.47 Å². The molecule has 0 aliphatic heterocycles. The largest absolute Gasteiger partial charge is 0.496 e. The van der Waals surface area contributed by atoms with Gasteiger partial charge >= 0.3 is 11.7 Å². The van der Waals surface area contributed by atoms with Gasteiger partial charge in [0.2, 0.25) is 5.75 Å². The number of carbonyl (C=O) groups excluding carboxylic acids is 1. The first-order valence-electron chi connectivity index (χ1n) is 6.06. The first kappa shape index (κ1) is 16.4. The Hall–Kier alpha value is -2.64. The van der Waals surface area contributed by atoms with E-state index in [1.807, 2.05) is 0 Å². The van der Waals surface area contributed by atoms with Gasteiger partial charge in [0.05, 0.1) is 24.7 Å². The van der Waals surface area contributed by atoms with Crippen molar-refractivity contribution in [3.05, 3.63) is 27.8 Å². The fourth-order valence-corrected chi connectivity index (χ4v) is 1.78. The zero-order valence-electron chi connectivity index (χ0n) is 11.6. The molecular weight excluding hydrogens is 282 g/mol. The Morgan fingerprint density at radius 1 is 1.19 bits per heavy atom. The summed E-state index contributed by atoms with van der Waals surface area (Å²) < 4.78 is 9.92. The van der Waals surface area contributed by atoms with Crippen molar-refractivity contribution in [3.63, 3.8) is 0 Å². The van der Waals surface area contributed by atoms with Crippen LogP contribution in [0.3, 0.4) is 0 Å². The van der Waals surface area contributed by atoms with Gasteiger partial charge in [-0.05, 0) is 6.42 Å². The molecule has 8 heteroatoms. The Morgan fingerprint density at radius 2 is 1.81 bits per heavy atom. The molecule has 0 bridgehead atoms. The molecule has 1 rings (SSSR count). The smallest absolute Gasteiger partial charge is 0.311 e. The highest BCUT2D eigenvalue weighted by Crippen LogP contribution is 2.35. The van der Waals surface area contributed by atoms with Crippen LogP contribution in [0.15, 0.2) is 12.1 Å². The second kappa shape index (κ2) is 7.22. The predicted octanol–water partition coefficient (Wildman–Crippen LogP) is 2.05. The molecule has 0 saturated carbocycles. The van der Waals surface area contributed by atoms with Crippen molar-refractivity contribution in [2.24, 2.45) is 0 Å². The number of nitro groups is 1. The van der Waals surface area contributed by atoms with Crippen LogP contribution in [0.1, 0.15) is 29.6 Å². The number of ketones is 1. The number of Topliss-reactive ketones (excluding diaryl/α,β-unsaturated/α-hetero) is 1. The van der Waals surface area contributed by atoms with E-state index in [1.165, 1.54) is 20.3 Å². The van der Waals surface area contributed by atoms with Crippen molar-refractivity contribution < 1.29 is 29.1 Å². The molecule has 0 saturated heterocycles. The molecule has 0 heterocycles. The first-order chi connectivity index (χ1) is 9.90. The van der Waals surface area contributed by atoms with Crippen LogP contribution in [0.2, 0.25) is 0 Å². The van der Waals surface area contributed by atoms with Crippen LogP contribution in [0.4, 0.5) is 5.69 Å². The maximum absolute atomic E-state index is 12.0. The summed E-state index contributed by atoms with van der Waals surface area (Å²) in [5.74, 6) is -1.29. The Morgan fingerprint density at radius 3 is 2.29 bits per heavy atom. The van der Waals surface area contributed by atoms with E-state index in [-0.39, 0.29) is 42.0 Å². The van der Waals surface area contributed by atoms with E-state index < -0.39 is 16.7 Å². The standard InChI is InChI=1S/C13H15NO7/c1-20-11-7-12(21-2)9(14(18)19)6-8(11)10(15)4-3-5-13(16)17/h6-7H,3-5H2,1-2H3,(H,16,17). The number of carbonyl (C=O) groups is 2. The van der Waals surface area contributed by atoms with Gasteiger partial charge in [-0.3, -0.25) is 19.7 Å². The third kappa shape index (κ3) is 4.16. The van der Waals surface area contributed by atoms with E-state index in [0.29, 0.717) is 0 Å². The normalized spacial score (nSPS) is 10.0. The van der Waals surface area contributed by atoms with Gasteiger partial charge in [0, 0.05) is 25.0 Å². The number of nitrogens with zero attached hydrogens (tertiary/aromatic N) is 1. The molecule has 0 spiro atoms. The zero-order chi connectivity index (χ0) is 16.0. The molecule has 21 heavy (non-hydrogen) atoms. The molecule has 114 valence electrons. The molecule has 1 aromatic carbocycles. The van der Waals surface area contributed by atoms with Gasteiger partial charge in [-0.1, -0.05) is 0 Å². The van der Waals surface area contributed by atoms with E-state index in [1.54, 1.807) is 0 Å². The van der Waals surface area contributed by atoms with Crippen LogP contribution in [-0.4, -0.2) is 36.0 Å². The maximum atomic E-state index is 12.0. The number of benzene rings is 1. The van der Waals surface area contributed by atoms with Gasteiger partial charge in [0.25, 0.3) is 0 Å². The summed E-state index contributed by atoms with van der Waals surface area (Å²) in [5.41, 5.74) is -0.310. The van der Waals surface area contributed by atoms with Crippen LogP contribution in [0.25, 0.3) is 0 Å². The highest BCUT2D eigenvalue weighted by molar-refractivity contribution is 5.99. The second-order valence-electron chi connectivity index (χ2n) is 4.15. The van der Waals surface area contributed by atoms with Crippen molar-refractivity contribution in [2.45, 2.75) is 19.3 Å². The van der Waals surface area contributed by atoms with Crippen molar-refractivity contribution in [1.82, 2.24) is 0 Å². The molecule has 0 amide bonds. The summed E-state index contributed by atoms with van der Waals surface area (Å²) in [6.45, 7) is 0. The quantitative estimate of drug-likeness (QED) is 0.443. The molecule has 1 N–H and O–H groups in total. The van der Waals surface area contributed by atoms with E-state index in [2.05, 4.69) is 0 Å². The second-order valence-corrected chi connectivity index (χ2v) is 4.15. The number of aliphatic carboxylic acids is 1. The van der Waals surface area contributed by atoms with Gasteiger partial charge in [0.15, 0.2) is 5.78 Å². The Bertz CT molecular complexity index is 568. The Labute approximate surface area is 120 Å². The number of hydrogen-bond donors (Lipinski definition) is 1. The topological polar surface area (TPSA) is 116 Å². The third-order valence-corrected chi connectivity index (χ3v) is 2.79. The number of nitro benzene ring substituents is 1. The van der Waals surface area contributed by atoms with E-state index >= 15 is 0 Å². The van der Waals surface area contributed by atoms with E-state index in [0.717, 1.165) is 6.07 Å². The molecule has 0 atom stereocenters. The summed E-state index contributed by atoms with van der Waals surface area (Å²) in [5, 5.41) is 19.5. The van der Waals surface area contributed by atoms with Gasteiger partial charge in [0.1, 0.15) is 5.75 Å². The fraction of sp³-hybridized carbons (Fsp3) is 0.385. The maximum Gasteiger partial charge on any atom is 0.311 e. The van der Waals surface area contributed by atoms with Gasteiger partial charge in [-0.25, -0.2) is 0 Å². The average molecular weight is 297 g/mol. The summed E-state index contributed by atoms with van der Waals surface area (Å²) in [6.07, 6.45) is -0.0321. The highest BCUT2D eigenvalue weighted by atomic mass is 16.6. The fourth-order valence-electron chi connectivity index (χ4n) is 1.78. The van der Waals surface area contributed by atoms with Gasteiger partial charge < -0.3 is 14.6 Å². The number of rotatable bonds is 8. The molecule has 1 aromatic rings. The van der Waals surface area contributed by atoms with Crippen LogP contribution >= 0.6 is 0 Å². The molecule has 0 aliphatic rings. The molecule has 0 radical (unpaired) electrons. The minimum atomic E-state index is -1.00. The van der Waals surface area contributed by atoms with Crippen LogP contribution in [0, 0.1) is 10.1 Å². The summed E-state index contributed by atoms with van der Waals surface area (Å²) in [6, 6.07) is 2.35. The SMILES string of the molecule is COc1cc(OC)c([N+](=O)[O-])cc1C(=O)CCCC(=O)O. The molecule has 0 unspecified atom stereocenters. The Kier molecular flexibility index (Phi) is 5.65. The molecule has 0 fully saturated rings. The number of carboxylic acids is 1. The van der Waals surface area contributed by atoms with E-state index in [4.69, 9.17) is 14.6 Å². The minimum absolute atomic E-state index is 0.0149. The van der Waals surface area contributed by atoms with Gasteiger partial charge in [-0.15, -0.1) is 0 Å².